The lowest BCUT2D eigenvalue weighted by atomic mass is 9.53. The molecule has 44 heavy (non-hydrogen) atoms. The lowest BCUT2D eigenvalue weighted by molar-refractivity contribution is -0.0173. The number of aliphatic hydroxyl groups is 1. The third kappa shape index (κ3) is 7.87. The van der Waals surface area contributed by atoms with Crippen molar-refractivity contribution < 1.29 is 23.1 Å². The number of nitrogens with zero attached hydrogens (tertiary/aromatic N) is 2. The summed E-state index contributed by atoms with van der Waals surface area (Å²) >= 11 is 0. The third-order valence-corrected chi connectivity index (χ3v) is 10.8. The van der Waals surface area contributed by atoms with E-state index in [0.29, 0.717) is 24.4 Å². The SMILES string of the molecule is CC(O)CCN(C(=O)NC12CC3CC(CC(C3)C1)C2)C1CCN(Cc2ccc(Oc3ccc(NS(C)(=O)=O)cc3)cc2)CC1. The van der Waals surface area contributed by atoms with Gasteiger partial charge in [-0.15, -0.1) is 0 Å². The topological polar surface area (TPSA) is 111 Å². The molecule has 2 aromatic carbocycles. The van der Waals surface area contributed by atoms with E-state index in [1.165, 1.54) is 24.8 Å². The number of carbonyl (C=O) groups is 1. The third-order valence-electron chi connectivity index (χ3n) is 10.2. The van der Waals surface area contributed by atoms with Crippen molar-refractivity contribution in [3.8, 4) is 11.5 Å². The Labute approximate surface area is 262 Å². The van der Waals surface area contributed by atoms with E-state index in [1.807, 2.05) is 19.1 Å². The Morgan fingerprint density at radius 3 is 2.05 bits per heavy atom. The molecule has 9 nitrogen and oxygen atoms in total. The largest absolute Gasteiger partial charge is 0.457 e. The number of benzene rings is 2. The first-order chi connectivity index (χ1) is 21.0. The van der Waals surface area contributed by atoms with Crippen LogP contribution < -0.4 is 14.8 Å². The molecule has 4 saturated carbocycles. The Morgan fingerprint density at radius 2 is 1.52 bits per heavy atom. The molecule has 0 radical (unpaired) electrons. The van der Waals surface area contributed by atoms with Gasteiger partial charge in [0.05, 0.1) is 12.4 Å². The van der Waals surface area contributed by atoms with Crippen LogP contribution in [0.1, 0.15) is 70.3 Å². The first kappa shape index (κ1) is 31.2. The maximum Gasteiger partial charge on any atom is 0.318 e. The summed E-state index contributed by atoms with van der Waals surface area (Å²) < 4.78 is 31.2. The molecule has 0 aromatic heterocycles. The fourth-order valence-electron chi connectivity index (χ4n) is 8.59. The van der Waals surface area contributed by atoms with E-state index in [2.05, 4.69) is 32.0 Å². The van der Waals surface area contributed by atoms with Crippen molar-refractivity contribution in [1.82, 2.24) is 15.1 Å². The maximum atomic E-state index is 13.8. The van der Waals surface area contributed by atoms with Crippen LogP contribution >= 0.6 is 0 Å². The highest BCUT2D eigenvalue weighted by Gasteiger charge is 2.52. The van der Waals surface area contributed by atoms with Crippen LogP contribution in [0.2, 0.25) is 0 Å². The van der Waals surface area contributed by atoms with E-state index < -0.39 is 16.1 Å². The molecular weight excluding hydrogens is 576 g/mol. The average molecular weight is 625 g/mol. The van der Waals surface area contributed by atoms with Crippen LogP contribution in [-0.4, -0.2) is 72.9 Å². The number of ether oxygens (including phenoxy) is 1. The number of urea groups is 1. The standard InChI is InChI=1S/C34H48N4O5S/c1-24(39)11-16-38(33(40)35-34-20-26-17-27(21-34)19-28(18-26)22-34)30-12-14-37(15-13-30)23-25-3-7-31(8-4-25)43-32-9-5-29(6-10-32)36-44(2,41)42/h3-10,24,26-28,30,36,39H,11-23H2,1-2H3,(H,35,40). The van der Waals surface area contributed by atoms with E-state index >= 15 is 0 Å². The summed E-state index contributed by atoms with van der Waals surface area (Å²) in [7, 11) is -3.32. The van der Waals surface area contributed by atoms with Gasteiger partial charge in [-0.25, -0.2) is 13.2 Å². The Balaban J connectivity index is 1.01. The first-order valence-corrected chi connectivity index (χ1v) is 18.2. The van der Waals surface area contributed by atoms with Gasteiger partial charge in [-0.2, -0.15) is 0 Å². The molecule has 2 amide bonds. The predicted octanol–water partition coefficient (Wildman–Crippen LogP) is 5.57. The summed E-state index contributed by atoms with van der Waals surface area (Å²) in [6.07, 6.45) is 10.7. The molecule has 5 fully saturated rings. The normalized spacial score (nSPS) is 27.6. The molecule has 1 saturated heterocycles. The summed E-state index contributed by atoms with van der Waals surface area (Å²) in [5.41, 5.74) is 1.69. The van der Waals surface area contributed by atoms with Gasteiger partial charge in [-0.1, -0.05) is 12.1 Å². The number of nitrogens with one attached hydrogen (secondary N) is 2. The second-order valence-corrected chi connectivity index (χ2v) is 15.9. The van der Waals surface area contributed by atoms with Gasteiger partial charge in [0.15, 0.2) is 0 Å². The van der Waals surface area contributed by atoms with Gasteiger partial charge in [0.2, 0.25) is 10.0 Å². The number of piperidine rings is 1. The van der Waals surface area contributed by atoms with Gasteiger partial charge in [0, 0.05) is 43.4 Å². The van der Waals surface area contributed by atoms with E-state index in [9.17, 15) is 18.3 Å². The van der Waals surface area contributed by atoms with Crippen molar-refractivity contribution in [2.45, 2.75) is 88.9 Å². The monoisotopic (exact) mass is 624 g/mol. The van der Waals surface area contributed by atoms with Crippen molar-refractivity contribution in [2.75, 3.05) is 30.6 Å². The van der Waals surface area contributed by atoms with Crippen molar-refractivity contribution in [1.29, 1.82) is 0 Å². The van der Waals surface area contributed by atoms with Gasteiger partial charge in [-0.05, 0) is 124 Å². The summed E-state index contributed by atoms with van der Waals surface area (Å²) in [6.45, 7) is 5.09. The Morgan fingerprint density at radius 1 is 0.977 bits per heavy atom. The van der Waals surface area contributed by atoms with Crippen LogP contribution in [0.25, 0.3) is 0 Å². The van der Waals surface area contributed by atoms with Gasteiger partial charge in [0.25, 0.3) is 0 Å². The fraction of sp³-hybridized carbons (Fsp3) is 0.618. The summed E-state index contributed by atoms with van der Waals surface area (Å²) in [6, 6.07) is 15.2. The molecule has 2 aromatic rings. The molecule has 1 heterocycles. The van der Waals surface area contributed by atoms with Crippen LogP contribution in [0.15, 0.2) is 48.5 Å². The van der Waals surface area contributed by atoms with E-state index in [4.69, 9.17) is 4.74 Å². The quantitative estimate of drug-likeness (QED) is 0.302. The Bertz CT molecular complexity index is 1350. The second-order valence-electron chi connectivity index (χ2n) is 14.1. The highest BCUT2D eigenvalue weighted by atomic mass is 32.2. The Hall–Kier alpha value is -2.82. The summed E-state index contributed by atoms with van der Waals surface area (Å²) in [5.74, 6) is 3.71. The molecular formula is C34H48N4O5S. The minimum Gasteiger partial charge on any atom is -0.457 e. The highest BCUT2D eigenvalue weighted by Crippen LogP contribution is 2.55. The van der Waals surface area contributed by atoms with Gasteiger partial charge >= 0.3 is 6.03 Å². The molecule has 240 valence electrons. The van der Waals surface area contributed by atoms with Crippen LogP contribution in [0.5, 0.6) is 11.5 Å². The number of rotatable bonds is 11. The average Bonchev–Trinajstić information content (AvgIpc) is 2.94. The molecule has 4 bridgehead atoms. The summed E-state index contributed by atoms with van der Waals surface area (Å²) in [5, 5.41) is 13.6. The minimum atomic E-state index is -3.32. The number of aliphatic hydroxyl groups excluding tert-OH is 1. The minimum absolute atomic E-state index is 0.00953. The van der Waals surface area contributed by atoms with Crippen molar-refractivity contribution in [3.05, 3.63) is 54.1 Å². The zero-order valence-corrected chi connectivity index (χ0v) is 26.9. The molecule has 10 heteroatoms. The van der Waals surface area contributed by atoms with Crippen LogP contribution in [0, 0.1) is 17.8 Å². The van der Waals surface area contributed by atoms with Crippen LogP contribution in [-0.2, 0) is 16.6 Å². The molecule has 4 aliphatic carbocycles. The zero-order valence-electron chi connectivity index (χ0n) is 26.1. The molecule has 1 unspecified atom stereocenters. The Kier molecular flexibility index (Phi) is 9.13. The maximum absolute atomic E-state index is 13.8. The second kappa shape index (κ2) is 12.9. The number of carbonyl (C=O) groups excluding carboxylic acids is 1. The fourth-order valence-corrected chi connectivity index (χ4v) is 9.15. The number of hydrogen-bond donors (Lipinski definition) is 3. The van der Waals surface area contributed by atoms with Gasteiger partial charge in [-0.3, -0.25) is 9.62 Å². The van der Waals surface area contributed by atoms with Crippen molar-refractivity contribution in [2.24, 2.45) is 17.8 Å². The van der Waals surface area contributed by atoms with E-state index in [-0.39, 0.29) is 17.6 Å². The molecule has 1 aliphatic heterocycles. The lowest BCUT2D eigenvalue weighted by Gasteiger charge is -2.57. The lowest BCUT2D eigenvalue weighted by Crippen LogP contribution is -2.63. The summed E-state index contributed by atoms with van der Waals surface area (Å²) in [4.78, 5) is 18.3. The van der Waals surface area contributed by atoms with E-state index in [0.717, 1.165) is 81.5 Å². The smallest absolute Gasteiger partial charge is 0.318 e. The van der Waals surface area contributed by atoms with Crippen LogP contribution in [0.4, 0.5) is 10.5 Å². The number of hydrogen-bond acceptors (Lipinski definition) is 6. The molecule has 7 rings (SSSR count). The zero-order chi connectivity index (χ0) is 30.9. The van der Waals surface area contributed by atoms with E-state index in [1.54, 1.807) is 24.3 Å². The van der Waals surface area contributed by atoms with Crippen LogP contribution in [0.3, 0.4) is 0 Å². The van der Waals surface area contributed by atoms with Gasteiger partial charge in [0.1, 0.15) is 11.5 Å². The molecule has 1 atom stereocenters. The molecule has 5 aliphatic rings. The number of sulfonamides is 1. The highest BCUT2D eigenvalue weighted by molar-refractivity contribution is 7.92. The van der Waals surface area contributed by atoms with Gasteiger partial charge < -0.3 is 20.1 Å². The predicted molar refractivity (Wildman–Crippen MR) is 172 cm³/mol. The van der Waals surface area contributed by atoms with Crippen molar-refractivity contribution >= 4 is 21.7 Å². The molecule has 0 spiro atoms. The number of anilines is 1. The molecule has 3 N–H and O–H groups in total. The first-order valence-electron chi connectivity index (χ1n) is 16.3. The van der Waals surface area contributed by atoms with Crippen molar-refractivity contribution in [3.63, 3.8) is 0 Å². The number of amides is 2. The number of likely N-dealkylation sites (tertiary alicyclic amines) is 1.